The number of thiophene rings is 1. The third kappa shape index (κ3) is 7.69. The number of aromatic nitrogens is 3. The fourth-order valence-electron chi connectivity index (χ4n) is 6.98. The van der Waals surface area contributed by atoms with Gasteiger partial charge in [0.25, 0.3) is 0 Å². The van der Waals surface area contributed by atoms with Gasteiger partial charge in [-0.3, -0.25) is 9.80 Å². The Morgan fingerprint density at radius 1 is 1.04 bits per heavy atom. The number of piperidine rings is 1. The van der Waals surface area contributed by atoms with Crippen LogP contribution in [0.1, 0.15) is 41.5 Å². The number of nitrogens with zero attached hydrogens (tertiary/aromatic N) is 6. The third-order valence-corrected chi connectivity index (χ3v) is 12.0. The van der Waals surface area contributed by atoms with Crippen molar-refractivity contribution in [1.29, 1.82) is 0 Å². The van der Waals surface area contributed by atoms with Gasteiger partial charge in [0.2, 0.25) is 16.0 Å². The van der Waals surface area contributed by atoms with Gasteiger partial charge in [-0.15, -0.1) is 11.3 Å². The van der Waals surface area contributed by atoms with E-state index in [9.17, 15) is 21.6 Å². The predicted octanol–water partition coefficient (Wildman–Crippen LogP) is 4.99. The number of alkyl halides is 3. The molecule has 0 radical (unpaired) electrons. The first-order chi connectivity index (χ1) is 22.1. The van der Waals surface area contributed by atoms with E-state index >= 15 is 0 Å². The number of nitrogens with one attached hydrogen (secondary N) is 1. The summed E-state index contributed by atoms with van der Waals surface area (Å²) in [6, 6.07) is 8.68. The monoisotopic (exact) mass is 692 g/mol. The average Bonchev–Trinajstić information content (AvgIpc) is 3.54. The summed E-state index contributed by atoms with van der Waals surface area (Å²) in [7, 11) is -3.15. The number of piperazine rings is 1. The Balaban J connectivity index is 1.07. The number of hydrogen-bond donors (Lipinski definition) is 2. The molecule has 3 N–H and O–H groups in total. The van der Waals surface area contributed by atoms with Crippen molar-refractivity contribution in [3.8, 4) is 0 Å². The van der Waals surface area contributed by atoms with Gasteiger partial charge >= 0.3 is 6.18 Å². The van der Waals surface area contributed by atoms with E-state index in [4.69, 9.17) is 5.73 Å². The maximum absolute atomic E-state index is 13.0. The lowest BCUT2D eigenvalue weighted by atomic mass is 10.0. The lowest BCUT2D eigenvalue weighted by Crippen LogP contribution is -2.51. The molecule has 0 aliphatic carbocycles. The number of hydrogen-bond acceptors (Lipinski definition) is 9. The molecule has 0 unspecified atom stereocenters. The number of benzene rings is 1. The number of anilines is 2. The van der Waals surface area contributed by atoms with E-state index in [1.165, 1.54) is 40.0 Å². The lowest BCUT2D eigenvalue weighted by Gasteiger charge is -2.37. The summed E-state index contributed by atoms with van der Waals surface area (Å²) < 4.78 is 66.8. The normalized spacial score (nSPS) is 18.8. The average molecular weight is 693 g/mol. The second kappa shape index (κ2) is 13.1. The second-order valence-electron chi connectivity index (χ2n) is 13.1. The summed E-state index contributed by atoms with van der Waals surface area (Å²) in [6.07, 6.45) is -2.25. The molecule has 256 valence electrons. The van der Waals surface area contributed by atoms with Crippen LogP contribution < -0.4 is 11.1 Å². The largest absolute Gasteiger partial charge is 0.393 e. The lowest BCUT2D eigenvalue weighted by molar-refractivity contribution is -0.126. The molecule has 0 bridgehead atoms. The highest BCUT2D eigenvalue weighted by atomic mass is 32.2. The Hall–Kier alpha value is -2.98. The molecule has 5 heterocycles. The van der Waals surface area contributed by atoms with Crippen LogP contribution in [-0.2, 0) is 29.5 Å². The fourth-order valence-corrected chi connectivity index (χ4v) is 8.87. The molecule has 15 heteroatoms. The third-order valence-electron chi connectivity index (χ3n) is 9.64. The first-order valence-corrected chi connectivity index (χ1v) is 18.7. The van der Waals surface area contributed by atoms with Gasteiger partial charge in [0.1, 0.15) is 10.6 Å². The van der Waals surface area contributed by atoms with Crippen LogP contribution in [0.3, 0.4) is 0 Å². The van der Waals surface area contributed by atoms with Crippen molar-refractivity contribution in [2.45, 2.75) is 71.4 Å². The molecule has 0 saturated carbocycles. The Kier molecular flexibility index (Phi) is 9.48. The molecule has 47 heavy (non-hydrogen) atoms. The minimum Gasteiger partial charge on any atom is -0.368 e. The van der Waals surface area contributed by atoms with Crippen LogP contribution in [0.4, 0.5) is 24.9 Å². The number of nitrogens with two attached hydrogens (primary N) is 1. The van der Waals surface area contributed by atoms with Crippen molar-refractivity contribution in [3.63, 3.8) is 0 Å². The summed E-state index contributed by atoms with van der Waals surface area (Å²) >= 11 is 1.01. The Labute approximate surface area is 277 Å². The van der Waals surface area contributed by atoms with Crippen LogP contribution in [0.25, 0.3) is 21.1 Å². The zero-order chi connectivity index (χ0) is 33.7. The molecule has 0 spiro atoms. The molecule has 0 amide bonds. The van der Waals surface area contributed by atoms with E-state index in [0.717, 1.165) is 63.4 Å². The Morgan fingerprint density at radius 2 is 1.74 bits per heavy atom. The molecule has 3 aromatic heterocycles. The maximum atomic E-state index is 13.0. The molecule has 4 aromatic rings. The second-order valence-corrected chi connectivity index (χ2v) is 16.2. The number of fused-ring (bicyclic) bond motifs is 2. The van der Waals surface area contributed by atoms with Gasteiger partial charge in [-0.05, 0) is 62.9 Å². The summed E-state index contributed by atoms with van der Waals surface area (Å²) in [5.74, 6) is 0.553. The van der Waals surface area contributed by atoms with Crippen LogP contribution in [0.15, 0.2) is 24.3 Å². The number of nitrogen functional groups attached to an aromatic ring is 1. The van der Waals surface area contributed by atoms with Crippen LogP contribution in [-0.4, -0.2) is 101 Å². The highest BCUT2D eigenvalue weighted by molar-refractivity contribution is 7.88. The molecule has 2 fully saturated rings. The number of rotatable bonds is 9. The standard InChI is InChI=1S/C32H43F3N8O2S2/c1-20-15-26-22(3)23(5-6-28(26)43(20)18-21(2)41-11-13-42(14-12-41)47(4,44)45)19-40-9-7-24(8-10-40)37-29-27-16-25(17-32(33,34)35)46-30(27)39-31(36)38-29/h5-6,15-16,21,24H,7-14,17-19H2,1-4H3,(H3,36,37,38,39)/t21-/m1/s1. The van der Waals surface area contributed by atoms with Gasteiger partial charge in [0.05, 0.1) is 18.1 Å². The molecule has 2 saturated heterocycles. The van der Waals surface area contributed by atoms with Crippen LogP contribution in [0.5, 0.6) is 0 Å². The summed E-state index contributed by atoms with van der Waals surface area (Å²) in [6.45, 7) is 12.5. The first kappa shape index (κ1) is 33.9. The highest BCUT2D eigenvalue weighted by Crippen LogP contribution is 2.34. The van der Waals surface area contributed by atoms with E-state index in [1.807, 2.05) is 0 Å². The number of sulfonamides is 1. The summed E-state index contributed by atoms with van der Waals surface area (Å²) in [5, 5.41) is 5.29. The van der Waals surface area contributed by atoms with Crippen molar-refractivity contribution in [2.24, 2.45) is 0 Å². The molecular weight excluding hydrogens is 650 g/mol. The van der Waals surface area contributed by atoms with E-state index in [0.29, 0.717) is 29.1 Å². The van der Waals surface area contributed by atoms with Crippen molar-refractivity contribution in [2.75, 3.05) is 56.6 Å². The van der Waals surface area contributed by atoms with Gasteiger partial charge < -0.3 is 15.6 Å². The zero-order valence-electron chi connectivity index (χ0n) is 27.3. The van der Waals surface area contributed by atoms with Gasteiger partial charge in [-0.1, -0.05) is 6.07 Å². The van der Waals surface area contributed by atoms with Crippen LogP contribution in [0, 0.1) is 13.8 Å². The number of halogens is 3. The Morgan fingerprint density at radius 3 is 2.40 bits per heavy atom. The topological polar surface area (TPSA) is 113 Å². The van der Waals surface area contributed by atoms with Gasteiger partial charge in [-0.2, -0.15) is 22.5 Å². The van der Waals surface area contributed by atoms with E-state index in [1.54, 1.807) is 4.31 Å². The molecular formula is C32H43F3N8O2S2. The van der Waals surface area contributed by atoms with E-state index in [2.05, 4.69) is 68.6 Å². The van der Waals surface area contributed by atoms with Crippen LogP contribution in [0.2, 0.25) is 0 Å². The zero-order valence-corrected chi connectivity index (χ0v) is 28.9. The molecule has 6 rings (SSSR count). The number of likely N-dealkylation sites (tertiary alicyclic amines) is 1. The smallest absolute Gasteiger partial charge is 0.368 e. The van der Waals surface area contributed by atoms with Crippen molar-refractivity contribution in [1.82, 2.24) is 28.6 Å². The van der Waals surface area contributed by atoms with Gasteiger partial charge in [0.15, 0.2) is 0 Å². The summed E-state index contributed by atoms with van der Waals surface area (Å²) in [4.78, 5) is 14.0. The van der Waals surface area contributed by atoms with Gasteiger partial charge in [0, 0.05) is 85.9 Å². The molecule has 1 atom stereocenters. The summed E-state index contributed by atoms with van der Waals surface area (Å²) in [5.41, 5.74) is 10.9. The predicted molar refractivity (Wildman–Crippen MR) is 182 cm³/mol. The Bertz CT molecular complexity index is 1860. The maximum Gasteiger partial charge on any atom is 0.393 e. The van der Waals surface area contributed by atoms with Crippen molar-refractivity contribution < 1.29 is 21.6 Å². The molecule has 10 nitrogen and oxygen atoms in total. The van der Waals surface area contributed by atoms with E-state index in [-0.39, 0.29) is 22.9 Å². The van der Waals surface area contributed by atoms with Crippen molar-refractivity contribution >= 4 is 54.2 Å². The SMILES string of the molecule is Cc1c(CN2CCC(Nc3nc(N)nc4sc(CC(F)(F)F)cc34)CC2)ccc2c1cc(C)n2C[C@@H](C)N1CCN(S(C)(=O)=O)CC1. The van der Waals surface area contributed by atoms with Crippen molar-refractivity contribution in [3.05, 3.63) is 46.0 Å². The van der Waals surface area contributed by atoms with E-state index < -0.39 is 22.6 Å². The minimum absolute atomic E-state index is 0.0506. The quantitative estimate of drug-likeness (QED) is 0.253. The first-order valence-electron chi connectivity index (χ1n) is 16.0. The highest BCUT2D eigenvalue weighted by Gasteiger charge is 2.30. The minimum atomic E-state index is -4.29. The van der Waals surface area contributed by atoms with Crippen LogP contribution >= 0.6 is 11.3 Å². The number of aryl methyl sites for hydroxylation is 2. The van der Waals surface area contributed by atoms with Gasteiger partial charge in [-0.25, -0.2) is 13.4 Å². The molecule has 2 aliphatic heterocycles. The molecule has 1 aromatic carbocycles. The molecule has 2 aliphatic rings. The fraction of sp³-hybridized carbons (Fsp3) is 0.562.